The minimum Gasteiger partial charge on any atom is -0.497 e. The molecule has 5 rings (SSSR count). The van der Waals surface area contributed by atoms with Crippen LogP contribution >= 0.6 is 0 Å². The van der Waals surface area contributed by atoms with E-state index in [-0.39, 0.29) is 18.7 Å². The Labute approximate surface area is 204 Å². The summed E-state index contributed by atoms with van der Waals surface area (Å²) < 4.78 is 11.4. The molecule has 1 aromatic heterocycles. The average molecular weight is 478 g/mol. The van der Waals surface area contributed by atoms with Crippen LogP contribution in [0.4, 0.5) is 0 Å². The summed E-state index contributed by atoms with van der Waals surface area (Å²) in [6.07, 6.45) is 1.36. The lowest BCUT2D eigenvalue weighted by molar-refractivity contribution is -0.144. The van der Waals surface area contributed by atoms with Crippen LogP contribution in [0.15, 0.2) is 48.5 Å². The number of aromatic amines is 1. The zero-order chi connectivity index (χ0) is 24.4. The van der Waals surface area contributed by atoms with Crippen LogP contribution in [-0.2, 0) is 21.5 Å². The van der Waals surface area contributed by atoms with Crippen LogP contribution in [0.3, 0.4) is 0 Å². The smallest absolute Gasteiger partial charge is 0.303 e. The van der Waals surface area contributed by atoms with Crippen molar-refractivity contribution in [1.29, 1.82) is 0 Å². The highest BCUT2D eigenvalue weighted by Crippen LogP contribution is 2.45. The molecule has 0 bridgehead atoms. The number of hydrogen-bond acceptors (Lipinski definition) is 5. The molecule has 1 unspecified atom stereocenters. The number of fused-ring (bicyclic) bond motifs is 4. The number of nitrogens with zero attached hydrogens (tertiary/aromatic N) is 2. The van der Waals surface area contributed by atoms with E-state index in [0.717, 1.165) is 54.0 Å². The molecule has 3 heterocycles. The first-order valence-corrected chi connectivity index (χ1v) is 12.1. The zero-order valence-corrected chi connectivity index (χ0v) is 20.0. The molecule has 2 aliphatic heterocycles. The molecular weight excluding hydrogens is 446 g/mol. The Hall–Kier alpha value is -3.52. The first-order chi connectivity index (χ1) is 17.0. The number of benzene rings is 2. The van der Waals surface area contributed by atoms with Gasteiger partial charge in [-0.2, -0.15) is 0 Å². The summed E-state index contributed by atoms with van der Waals surface area (Å²) in [7, 11) is 1.66. The Bertz CT molecular complexity index is 1220. The van der Waals surface area contributed by atoms with E-state index in [0.29, 0.717) is 19.7 Å². The molecule has 0 radical (unpaired) electrons. The highest BCUT2D eigenvalue weighted by atomic mass is 16.5. The molecule has 2 aromatic carbocycles. The number of likely N-dealkylation sites (tertiary alicyclic amines) is 1. The van der Waals surface area contributed by atoms with E-state index in [2.05, 4.69) is 16.0 Å². The van der Waals surface area contributed by atoms with E-state index in [1.807, 2.05) is 47.4 Å². The number of nitrogens with one attached hydrogen (secondary N) is 1. The van der Waals surface area contributed by atoms with Gasteiger partial charge >= 0.3 is 5.97 Å². The Morgan fingerprint density at radius 1 is 1.09 bits per heavy atom. The number of carbonyl (C=O) groups is 2. The van der Waals surface area contributed by atoms with Gasteiger partial charge in [0, 0.05) is 49.2 Å². The summed E-state index contributed by atoms with van der Waals surface area (Å²) in [5.74, 6) is 0.599. The maximum atomic E-state index is 13.3. The van der Waals surface area contributed by atoms with Crippen molar-refractivity contribution in [2.45, 2.75) is 31.2 Å². The van der Waals surface area contributed by atoms with Crippen molar-refractivity contribution < 1.29 is 24.2 Å². The van der Waals surface area contributed by atoms with Crippen LogP contribution in [0.25, 0.3) is 10.9 Å². The van der Waals surface area contributed by atoms with E-state index in [9.17, 15) is 9.59 Å². The van der Waals surface area contributed by atoms with Gasteiger partial charge in [0.05, 0.1) is 19.1 Å². The minimum atomic E-state index is -0.950. The standard InChI is InChI=1S/C27H31N3O5/c1-34-20-7-8-23-22(17-20)21-11-13-30(24(31)9-10-25(32)33)27(26(21)28-23)12-14-29(18-27)15-16-35-19-5-3-2-4-6-19/h2-8,17,28H,9-16,18H2,1H3,(H,32,33). The Balaban J connectivity index is 1.42. The Morgan fingerprint density at radius 3 is 2.69 bits per heavy atom. The molecule has 3 aromatic rings. The second kappa shape index (κ2) is 9.62. The molecule has 1 atom stereocenters. The zero-order valence-electron chi connectivity index (χ0n) is 20.0. The fraction of sp³-hybridized carbons (Fsp3) is 0.407. The minimum absolute atomic E-state index is 0.0115. The van der Waals surface area contributed by atoms with Crippen molar-refractivity contribution in [2.75, 3.05) is 39.9 Å². The van der Waals surface area contributed by atoms with Crippen molar-refractivity contribution in [3.63, 3.8) is 0 Å². The number of H-pyrrole nitrogens is 1. The maximum Gasteiger partial charge on any atom is 0.303 e. The van der Waals surface area contributed by atoms with Crippen molar-refractivity contribution in [2.24, 2.45) is 0 Å². The number of amides is 1. The van der Waals surface area contributed by atoms with Gasteiger partial charge in [0.2, 0.25) is 5.91 Å². The van der Waals surface area contributed by atoms with Crippen LogP contribution in [0.5, 0.6) is 11.5 Å². The number of carboxylic acids is 1. The molecular formula is C27H31N3O5. The van der Waals surface area contributed by atoms with E-state index in [4.69, 9.17) is 14.6 Å². The fourth-order valence-electron chi connectivity index (χ4n) is 5.59. The van der Waals surface area contributed by atoms with Crippen molar-refractivity contribution in [3.8, 4) is 11.5 Å². The van der Waals surface area contributed by atoms with Gasteiger partial charge in [-0.15, -0.1) is 0 Å². The molecule has 1 saturated heterocycles. The van der Waals surface area contributed by atoms with E-state index in [1.165, 1.54) is 5.56 Å². The molecule has 1 spiro atoms. The number of carboxylic acid groups (broad SMARTS) is 1. The third kappa shape index (κ3) is 4.46. The average Bonchev–Trinajstić information content (AvgIpc) is 3.46. The lowest BCUT2D eigenvalue weighted by atomic mass is 9.83. The predicted molar refractivity (Wildman–Crippen MR) is 132 cm³/mol. The van der Waals surface area contributed by atoms with Crippen molar-refractivity contribution in [3.05, 3.63) is 59.8 Å². The summed E-state index contributed by atoms with van der Waals surface area (Å²) in [4.78, 5) is 32.3. The van der Waals surface area contributed by atoms with Crippen LogP contribution in [0, 0.1) is 0 Å². The van der Waals surface area contributed by atoms with Crippen LogP contribution in [-0.4, -0.2) is 71.7 Å². The molecule has 1 fully saturated rings. The third-order valence-corrected chi connectivity index (χ3v) is 7.28. The summed E-state index contributed by atoms with van der Waals surface area (Å²) in [6.45, 7) is 3.39. The topological polar surface area (TPSA) is 95.1 Å². The van der Waals surface area contributed by atoms with Crippen molar-refractivity contribution in [1.82, 2.24) is 14.8 Å². The van der Waals surface area contributed by atoms with Crippen molar-refractivity contribution >= 4 is 22.8 Å². The number of methoxy groups -OCH3 is 1. The molecule has 1 amide bonds. The molecule has 2 N–H and O–H groups in total. The summed E-state index contributed by atoms with van der Waals surface area (Å²) in [6, 6.07) is 15.8. The SMILES string of the molecule is COc1ccc2[nH]c3c(c2c1)CCN(C(=O)CCC(=O)O)C31CCN(CCOc2ccccc2)C1. The number of carbonyl (C=O) groups excluding carboxylic acids is 1. The molecule has 35 heavy (non-hydrogen) atoms. The van der Waals surface area contributed by atoms with Gasteiger partial charge in [0.25, 0.3) is 0 Å². The maximum absolute atomic E-state index is 13.3. The number of rotatable bonds is 8. The van der Waals surface area contributed by atoms with Gasteiger partial charge in [-0.1, -0.05) is 18.2 Å². The monoisotopic (exact) mass is 477 g/mol. The van der Waals surface area contributed by atoms with Crippen LogP contribution in [0.1, 0.15) is 30.5 Å². The first kappa shape index (κ1) is 23.2. The van der Waals surface area contributed by atoms with Crippen LogP contribution in [0.2, 0.25) is 0 Å². The van der Waals surface area contributed by atoms with Gasteiger partial charge in [0.15, 0.2) is 0 Å². The Kier molecular flexibility index (Phi) is 6.38. The lowest BCUT2D eigenvalue weighted by Crippen LogP contribution is -2.55. The highest BCUT2D eigenvalue weighted by molar-refractivity contribution is 5.88. The Morgan fingerprint density at radius 2 is 1.91 bits per heavy atom. The van der Waals surface area contributed by atoms with E-state index < -0.39 is 11.5 Å². The second-order valence-electron chi connectivity index (χ2n) is 9.30. The van der Waals surface area contributed by atoms with Gasteiger partial charge in [-0.3, -0.25) is 14.5 Å². The first-order valence-electron chi connectivity index (χ1n) is 12.1. The quantitative estimate of drug-likeness (QED) is 0.516. The molecule has 8 heteroatoms. The van der Waals surface area contributed by atoms with Gasteiger partial charge in [-0.05, 0) is 48.7 Å². The number of para-hydroxylation sites is 1. The second-order valence-corrected chi connectivity index (χ2v) is 9.30. The number of aliphatic carboxylic acids is 1. The molecule has 0 saturated carbocycles. The van der Waals surface area contributed by atoms with E-state index >= 15 is 0 Å². The third-order valence-electron chi connectivity index (χ3n) is 7.28. The van der Waals surface area contributed by atoms with E-state index in [1.54, 1.807) is 7.11 Å². The van der Waals surface area contributed by atoms with Gasteiger partial charge in [-0.25, -0.2) is 0 Å². The highest BCUT2D eigenvalue weighted by Gasteiger charge is 2.50. The summed E-state index contributed by atoms with van der Waals surface area (Å²) >= 11 is 0. The summed E-state index contributed by atoms with van der Waals surface area (Å²) in [5.41, 5.74) is 2.81. The van der Waals surface area contributed by atoms with Crippen LogP contribution < -0.4 is 9.47 Å². The van der Waals surface area contributed by atoms with Gasteiger partial charge < -0.3 is 24.5 Å². The predicted octanol–water partition coefficient (Wildman–Crippen LogP) is 3.41. The molecule has 8 nitrogen and oxygen atoms in total. The lowest BCUT2D eigenvalue weighted by Gasteiger charge is -2.45. The summed E-state index contributed by atoms with van der Waals surface area (Å²) in [5, 5.41) is 10.3. The normalized spacial score (nSPS) is 19.7. The molecule has 184 valence electrons. The fourth-order valence-corrected chi connectivity index (χ4v) is 5.59. The number of ether oxygens (including phenoxy) is 2. The number of hydrogen-bond donors (Lipinski definition) is 2. The molecule has 0 aliphatic carbocycles. The van der Waals surface area contributed by atoms with Gasteiger partial charge in [0.1, 0.15) is 18.1 Å². The largest absolute Gasteiger partial charge is 0.497 e. The molecule has 2 aliphatic rings. The number of aromatic nitrogens is 1.